The summed E-state index contributed by atoms with van der Waals surface area (Å²) in [6, 6.07) is 2.97. The summed E-state index contributed by atoms with van der Waals surface area (Å²) in [6.45, 7) is 2.99. The normalized spacial score (nSPS) is 12.2. The van der Waals surface area contributed by atoms with Crippen molar-refractivity contribution >= 4 is 11.5 Å². The summed E-state index contributed by atoms with van der Waals surface area (Å²) in [5.74, 6) is -3.73. The first-order chi connectivity index (χ1) is 7.95. The highest BCUT2D eigenvalue weighted by atomic mass is 19.1. The van der Waals surface area contributed by atoms with Crippen LogP contribution in [0.5, 0.6) is 0 Å². The summed E-state index contributed by atoms with van der Waals surface area (Å²) in [5.41, 5.74) is 0.273. The highest BCUT2D eigenvalue weighted by molar-refractivity contribution is 5.74. The smallest absolute Gasteiger partial charge is 0.309 e. The number of carboxylic acid groups (broad SMARTS) is 1. The van der Waals surface area contributed by atoms with Crippen LogP contribution >= 0.6 is 0 Å². The molecule has 17 heavy (non-hydrogen) atoms. The van der Waals surface area contributed by atoms with Gasteiger partial charge in [0.05, 0.1) is 12.5 Å². The van der Waals surface area contributed by atoms with Crippen LogP contribution in [-0.4, -0.2) is 22.8 Å². The molecule has 0 saturated heterocycles. The van der Waals surface area contributed by atoms with Crippen LogP contribution in [0.2, 0.25) is 0 Å². The van der Waals surface area contributed by atoms with Crippen molar-refractivity contribution in [1.29, 1.82) is 0 Å². The summed E-state index contributed by atoms with van der Waals surface area (Å²) in [6.07, 6.45) is -0.0889. The van der Waals surface area contributed by atoms with E-state index in [0.717, 1.165) is 6.07 Å². The van der Waals surface area contributed by atoms with Crippen LogP contribution in [0.25, 0.3) is 5.57 Å². The van der Waals surface area contributed by atoms with Gasteiger partial charge in [0.2, 0.25) is 0 Å². The first-order valence-electron chi connectivity index (χ1n) is 4.92. The molecule has 0 unspecified atom stereocenters. The number of hydrogen-bond acceptors (Lipinski definition) is 2. The van der Waals surface area contributed by atoms with Crippen molar-refractivity contribution in [2.75, 3.05) is 6.61 Å². The van der Waals surface area contributed by atoms with Crippen molar-refractivity contribution in [3.63, 3.8) is 0 Å². The fraction of sp³-hybridized carbons (Fsp3) is 0.250. The van der Waals surface area contributed by atoms with E-state index in [1.54, 1.807) is 0 Å². The molecule has 1 rings (SSSR count). The van der Waals surface area contributed by atoms with Gasteiger partial charge in [0.15, 0.2) is 0 Å². The molecule has 1 aromatic carbocycles. The molecule has 2 N–H and O–H groups in total. The lowest BCUT2D eigenvalue weighted by Gasteiger charge is -2.12. The van der Waals surface area contributed by atoms with Crippen LogP contribution in [0.4, 0.5) is 8.78 Å². The van der Waals surface area contributed by atoms with Crippen LogP contribution < -0.4 is 0 Å². The summed E-state index contributed by atoms with van der Waals surface area (Å²) >= 11 is 0. The Morgan fingerprint density at radius 3 is 2.53 bits per heavy atom. The van der Waals surface area contributed by atoms with Gasteiger partial charge < -0.3 is 10.2 Å². The molecule has 0 amide bonds. The van der Waals surface area contributed by atoms with Gasteiger partial charge in [-0.2, -0.15) is 0 Å². The van der Waals surface area contributed by atoms with Gasteiger partial charge in [-0.15, -0.1) is 0 Å². The Morgan fingerprint density at radius 2 is 2.06 bits per heavy atom. The van der Waals surface area contributed by atoms with Crippen molar-refractivity contribution in [3.05, 3.63) is 42.0 Å². The van der Waals surface area contributed by atoms with Crippen LogP contribution in [-0.2, 0) is 4.79 Å². The van der Waals surface area contributed by atoms with Crippen molar-refractivity contribution in [1.82, 2.24) is 0 Å². The Kier molecular flexibility index (Phi) is 4.34. The molecule has 0 spiro atoms. The van der Waals surface area contributed by atoms with E-state index >= 15 is 0 Å². The van der Waals surface area contributed by atoms with E-state index in [0.29, 0.717) is 6.07 Å². The SMILES string of the molecule is C=C(C[C@@H](CO)C(=O)O)c1ccc(F)cc1F. The Morgan fingerprint density at radius 1 is 1.41 bits per heavy atom. The average molecular weight is 242 g/mol. The van der Waals surface area contributed by atoms with Crippen molar-refractivity contribution < 1.29 is 23.8 Å². The van der Waals surface area contributed by atoms with E-state index in [2.05, 4.69) is 6.58 Å². The largest absolute Gasteiger partial charge is 0.481 e. The second-order valence-corrected chi connectivity index (χ2v) is 3.65. The molecule has 0 aliphatic rings. The third kappa shape index (κ3) is 3.35. The lowest BCUT2D eigenvalue weighted by atomic mass is 9.95. The second-order valence-electron chi connectivity index (χ2n) is 3.65. The topological polar surface area (TPSA) is 57.5 Å². The zero-order chi connectivity index (χ0) is 13.0. The van der Waals surface area contributed by atoms with Gasteiger partial charge in [0, 0.05) is 11.6 Å². The monoisotopic (exact) mass is 242 g/mol. The van der Waals surface area contributed by atoms with Crippen LogP contribution in [0, 0.1) is 17.6 Å². The molecule has 0 aromatic heterocycles. The third-order valence-electron chi connectivity index (χ3n) is 2.37. The van der Waals surface area contributed by atoms with E-state index in [1.807, 2.05) is 0 Å². The molecular formula is C12H12F2O3. The fourth-order valence-electron chi connectivity index (χ4n) is 1.41. The van der Waals surface area contributed by atoms with Crippen LogP contribution in [0.3, 0.4) is 0 Å². The highest BCUT2D eigenvalue weighted by Gasteiger charge is 2.19. The molecule has 92 valence electrons. The minimum Gasteiger partial charge on any atom is -0.481 e. The molecule has 0 saturated carbocycles. The van der Waals surface area contributed by atoms with E-state index < -0.39 is 30.1 Å². The Balaban J connectivity index is 2.86. The van der Waals surface area contributed by atoms with Gasteiger partial charge >= 0.3 is 5.97 Å². The summed E-state index contributed by atoms with van der Waals surface area (Å²) < 4.78 is 26.0. The van der Waals surface area contributed by atoms with Crippen LogP contribution in [0.15, 0.2) is 24.8 Å². The Labute approximate surface area is 97.0 Å². The van der Waals surface area contributed by atoms with Gasteiger partial charge in [-0.1, -0.05) is 6.58 Å². The molecule has 1 atom stereocenters. The maximum atomic E-state index is 13.3. The molecule has 0 aliphatic heterocycles. The van der Waals surface area contributed by atoms with Gasteiger partial charge in [-0.3, -0.25) is 4.79 Å². The average Bonchev–Trinajstić information content (AvgIpc) is 2.24. The minimum absolute atomic E-state index is 0.0612. The molecule has 0 aliphatic carbocycles. The maximum absolute atomic E-state index is 13.3. The lowest BCUT2D eigenvalue weighted by molar-refractivity contribution is -0.142. The van der Waals surface area contributed by atoms with Crippen molar-refractivity contribution in [3.8, 4) is 0 Å². The number of aliphatic hydroxyl groups excluding tert-OH is 1. The van der Waals surface area contributed by atoms with E-state index in [1.165, 1.54) is 6.07 Å². The third-order valence-corrected chi connectivity index (χ3v) is 2.37. The summed E-state index contributed by atoms with van der Waals surface area (Å²) in [5, 5.41) is 17.6. The molecule has 0 heterocycles. The van der Waals surface area contributed by atoms with Crippen LogP contribution in [0.1, 0.15) is 12.0 Å². The zero-order valence-electron chi connectivity index (χ0n) is 8.99. The van der Waals surface area contributed by atoms with Gasteiger partial charge in [-0.05, 0) is 24.1 Å². The van der Waals surface area contributed by atoms with E-state index in [9.17, 15) is 13.6 Å². The number of carbonyl (C=O) groups is 1. The molecule has 0 bridgehead atoms. The molecule has 0 fully saturated rings. The molecule has 5 heteroatoms. The number of aliphatic hydroxyl groups is 1. The van der Waals surface area contributed by atoms with E-state index in [-0.39, 0.29) is 17.6 Å². The van der Waals surface area contributed by atoms with Gasteiger partial charge in [0.25, 0.3) is 0 Å². The summed E-state index contributed by atoms with van der Waals surface area (Å²) in [7, 11) is 0. The molecule has 3 nitrogen and oxygen atoms in total. The maximum Gasteiger partial charge on any atom is 0.309 e. The lowest BCUT2D eigenvalue weighted by Crippen LogP contribution is -2.18. The fourth-order valence-corrected chi connectivity index (χ4v) is 1.41. The highest BCUT2D eigenvalue weighted by Crippen LogP contribution is 2.24. The molecular weight excluding hydrogens is 230 g/mol. The first kappa shape index (κ1) is 13.3. The van der Waals surface area contributed by atoms with Gasteiger partial charge in [0.1, 0.15) is 11.6 Å². The van der Waals surface area contributed by atoms with Crippen molar-refractivity contribution in [2.24, 2.45) is 5.92 Å². The number of hydrogen-bond donors (Lipinski definition) is 2. The predicted octanol–water partition coefficient (Wildman–Crippen LogP) is 2.06. The van der Waals surface area contributed by atoms with Crippen molar-refractivity contribution in [2.45, 2.75) is 6.42 Å². The molecule has 0 radical (unpaired) electrons. The number of rotatable bonds is 5. The van der Waals surface area contributed by atoms with E-state index in [4.69, 9.17) is 10.2 Å². The number of benzene rings is 1. The zero-order valence-corrected chi connectivity index (χ0v) is 8.99. The minimum atomic E-state index is -1.18. The predicted molar refractivity (Wildman–Crippen MR) is 58.2 cm³/mol. The second kappa shape index (κ2) is 5.54. The number of aliphatic carboxylic acids is 1. The van der Waals surface area contributed by atoms with Gasteiger partial charge in [-0.25, -0.2) is 8.78 Å². The number of halogens is 2. The molecule has 1 aromatic rings. The quantitative estimate of drug-likeness (QED) is 0.830. The number of carboxylic acids is 1. The Hall–Kier alpha value is -1.75. The number of allylic oxidation sites excluding steroid dienone is 1. The standard InChI is InChI=1S/C12H12F2O3/c1-7(4-8(6-15)12(16)17)10-3-2-9(13)5-11(10)14/h2-3,5,8,15H,1,4,6H2,(H,16,17)/t8-/m0/s1. The summed E-state index contributed by atoms with van der Waals surface area (Å²) in [4.78, 5) is 10.7. The first-order valence-corrected chi connectivity index (χ1v) is 4.92. The Bertz CT molecular complexity index is 443.